The van der Waals surface area contributed by atoms with Crippen molar-refractivity contribution in [2.24, 2.45) is 0 Å². The predicted octanol–water partition coefficient (Wildman–Crippen LogP) is 5.36. The van der Waals surface area contributed by atoms with Gasteiger partial charge in [-0.25, -0.2) is 0 Å². The summed E-state index contributed by atoms with van der Waals surface area (Å²) < 4.78 is 35.2. The minimum atomic E-state index is -4.32. The Morgan fingerprint density at radius 2 is 1.21 bits per heavy atom. The Bertz CT molecular complexity index is 757. The third-order valence-corrected chi connectivity index (χ3v) is 3.66. The molecule has 2 aromatic carbocycles. The van der Waals surface area contributed by atoms with Crippen LogP contribution in [0.5, 0.6) is 0 Å². The van der Waals surface area contributed by atoms with Gasteiger partial charge in [-0.15, -0.1) is 0 Å². The number of nitrogens with zero attached hydrogens (tertiary/aromatic N) is 1. The topological polar surface area (TPSA) is 12.9 Å². The van der Waals surface area contributed by atoms with Crippen LogP contribution in [0.3, 0.4) is 0 Å². The van der Waals surface area contributed by atoms with E-state index in [1.54, 1.807) is 0 Å². The number of halogens is 3. The Balaban J connectivity index is 0.000000173. The van der Waals surface area contributed by atoms with Gasteiger partial charge in [-0.05, 0) is 40.8 Å². The van der Waals surface area contributed by atoms with Crippen molar-refractivity contribution >= 4 is 0 Å². The molecule has 0 bridgehead atoms. The van der Waals surface area contributed by atoms with Crippen LogP contribution in [0.15, 0.2) is 72.9 Å². The maximum atomic E-state index is 11.7. The number of fused-ring (bicyclic) bond motifs is 3. The summed E-state index contributed by atoms with van der Waals surface area (Å²) in [6.45, 7) is 0. The summed E-state index contributed by atoms with van der Waals surface area (Å²) in [4.78, 5) is 3.12. The molecule has 3 aromatic rings. The van der Waals surface area contributed by atoms with Crippen LogP contribution >= 0.6 is 0 Å². The summed E-state index contributed by atoms with van der Waals surface area (Å²) in [7, 11) is 0. The SMILES string of the molecule is FC(F)(F)c1ccccn1.[Ir].c1ccc2c(c1)Cc1ccccc1-2. The molecule has 0 atom stereocenters. The Hall–Kier alpha value is -1.97. The molecular formula is C19H14F3IrN. The van der Waals surface area contributed by atoms with E-state index < -0.39 is 11.9 Å². The van der Waals surface area contributed by atoms with Crippen LogP contribution in [0.25, 0.3) is 11.1 Å². The zero-order valence-electron chi connectivity index (χ0n) is 12.5. The fourth-order valence-corrected chi connectivity index (χ4v) is 2.61. The standard InChI is InChI=1S/C13H10.C6H4F3N.Ir/c1-3-7-12-10(5-1)9-11-6-2-4-8-13(11)12;7-6(8,9)5-3-1-2-4-10-5;/h1-8H,9H2;1-4H;. The molecule has 24 heavy (non-hydrogen) atoms. The van der Waals surface area contributed by atoms with Crippen molar-refractivity contribution in [1.29, 1.82) is 0 Å². The van der Waals surface area contributed by atoms with Crippen LogP contribution in [0.1, 0.15) is 16.8 Å². The van der Waals surface area contributed by atoms with E-state index in [2.05, 4.69) is 53.5 Å². The van der Waals surface area contributed by atoms with Gasteiger partial charge in [0.05, 0.1) is 0 Å². The molecule has 5 heteroatoms. The Morgan fingerprint density at radius 3 is 1.62 bits per heavy atom. The van der Waals surface area contributed by atoms with Gasteiger partial charge in [0.15, 0.2) is 0 Å². The number of hydrogen-bond donors (Lipinski definition) is 0. The average molecular weight is 506 g/mol. The van der Waals surface area contributed by atoms with Crippen molar-refractivity contribution in [3.8, 4) is 11.1 Å². The van der Waals surface area contributed by atoms with Gasteiger partial charge in [-0.1, -0.05) is 54.6 Å². The van der Waals surface area contributed by atoms with Crippen LogP contribution < -0.4 is 0 Å². The summed E-state index contributed by atoms with van der Waals surface area (Å²) in [5, 5.41) is 0. The van der Waals surface area contributed by atoms with E-state index in [0.29, 0.717) is 0 Å². The molecule has 1 heterocycles. The molecule has 0 saturated heterocycles. The van der Waals surface area contributed by atoms with Crippen LogP contribution in [0.4, 0.5) is 13.2 Å². The fraction of sp³-hybridized carbons (Fsp3) is 0.105. The first-order valence-electron chi connectivity index (χ1n) is 7.20. The van der Waals surface area contributed by atoms with Gasteiger partial charge in [-0.2, -0.15) is 13.2 Å². The number of benzene rings is 2. The van der Waals surface area contributed by atoms with E-state index in [4.69, 9.17) is 0 Å². The van der Waals surface area contributed by atoms with Gasteiger partial charge in [0, 0.05) is 26.3 Å². The Morgan fingerprint density at radius 1 is 0.708 bits per heavy atom. The number of hydrogen-bond acceptors (Lipinski definition) is 1. The quantitative estimate of drug-likeness (QED) is 0.314. The summed E-state index contributed by atoms with van der Waals surface area (Å²) >= 11 is 0. The molecule has 1 nitrogen and oxygen atoms in total. The predicted molar refractivity (Wildman–Crippen MR) is 83.9 cm³/mol. The summed E-state index contributed by atoms with van der Waals surface area (Å²) in [6.07, 6.45) is -2.10. The van der Waals surface area contributed by atoms with Crippen molar-refractivity contribution in [2.45, 2.75) is 12.6 Å². The van der Waals surface area contributed by atoms with E-state index >= 15 is 0 Å². The minimum absolute atomic E-state index is 0. The maximum Gasteiger partial charge on any atom is 0.433 e. The molecule has 4 rings (SSSR count). The number of alkyl halides is 3. The molecule has 1 aliphatic carbocycles. The van der Waals surface area contributed by atoms with Crippen molar-refractivity contribution in [3.05, 3.63) is 89.7 Å². The minimum Gasteiger partial charge on any atom is -0.252 e. The molecule has 0 fully saturated rings. The molecule has 1 radical (unpaired) electrons. The molecule has 0 unspecified atom stereocenters. The first kappa shape index (κ1) is 18.4. The molecule has 0 N–H and O–H groups in total. The smallest absolute Gasteiger partial charge is 0.252 e. The molecule has 125 valence electrons. The second-order valence-electron chi connectivity index (χ2n) is 5.20. The number of rotatable bonds is 0. The van der Waals surface area contributed by atoms with E-state index in [1.807, 2.05) is 0 Å². The molecule has 0 saturated carbocycles. The largest absolute Gasteiger partial charge is 0.433 e. The number of aromatic nitrogens is 1. The molecule has 1 aromatic heterocycles. The van der Waals surface area contributed by atoms with Crippen molar-refractivity contribution in [3.63, 3.8) is 0 Å². The average Bonchev–Trinajstić information content (AvgIpc) is 2.94. The van der Waals surface area contributed by atoms with Gasteiger partial charge in [-0.3, -0.25) is 4.98 Å². The molecular weight excluding hydrogens is 491 g/mol. The first-order valence-corrected chi connectivity index (χ1v) is 7.20. The molecule has 0 spiro atoms. The van der Waals surface area contributed by atoms with Crippen LogP contribution in [-0.4, -0.2) is 4.98 Å². The molecule has 0 aliphatic heterocycles. The zero-order valence-corrected chi connectivity index (χ0v) is 14.9. The third-order valence-electron chi connectivity index (χ3n) is 3.66. The van der Waals surface area contributed by atoms with Gasteiger partial charge >= 0.3 is 6.18 Å². The van der Waals surface area contributed by atoms with E-state index in [1.165, 1.54) is 34.4 Å². The fourth-order valence-electron chi connectivity index (χ4n) is 2.61. The van der Waals surface area contributed by atoms with Crippen molar-refractivity contribution in [1.82, 2.24) is 4.98 Å². The third kappa shape index (κ3) is 4.11. The first-order chi connectivity index (χ1) is 11.1. The Labute approximate surface area is 151 Å². The van der Waals surface area contributed by atoms with Crippen molar-refractivity contribution in [2.75, 3.05) is 0 Å². The van der Waals surface area contributed by atoms with E-state index in [-0.39, 0.29) is 20.1 Å². The summed E-state index contributed by atoms with van der Waals surface area (Å²) in [6, 6.07) is 21.0. The van der Waals surface area contributed by atoms with Crippen LogP contribution in [0, 0.1) is 0 Å². The van der Waals surface area contributed by atoms with Crippen LogP contribution in [-0.2, 0) is 32.7 Å². The number of pyridine rings is 1. The van der Waals surface area contributed by atoms with Crippen molar-refractivity contribution < 1.29 is 33.3 Å². The van der Waals surface area contributed by atoms with Gasteiger partial charge in [0.1, 0.15) is 5.69 Å². The summed E-state index contributed by atoms with van der Waals surface area (Å²) in [5.41, 5.74) is 4.90. The second kappa shape index (κ2) is 7.73. The second-order valence-corrected chi connectivity index (χ2v) is 5.20. The Kier molecular flexibility index (Phi) is 5.92. The normalized spacial score (nSPS) is 11.5. The zero-order chi connectivity index (χ0) is 16.3. The van der Waals surface area contributed by atoms with E-state index in [9.17, 15) is 13.2 Å². The maximum absolute atomic E-state index is 11.7. The van der Waals surface area contributed by atoms with Crippen LogP contribution in [0.2, 0.25) is 0 Å². The van der Waals surface area contributed by atoms with Gasteiger partial charge in [0.2, 0.25) is 0 Å². The molecule has 0 amide bonds. The summed E-state index contributed by atoms with van der Waals surface area (Å²) in [5.74, 6) is 0. The van der Waals surface area contributed by atoms with Gasteiger partial charge in [0.25, 0.3) is 0 Å². The molecule has 1 aliphatic rings. The monoisotopic (exact) mass is 506 g/mol. The van der Waals surface area contributed by atoms with Gasteiger partial charge < -0.3 is 0 Å². The van der Waals surface area contributed by atoms with E-state index in [0.717, 1.165) is 18.7 Å².